The van der Waals surface area contributed by atoms with Gasteiger partial charge >= 0.3 is 31.0 Å². The minimum absolute atomic E-state index is 0.178. The SMILES string of the molecule is CCCCCC[C@@H](O)C/C=C\CCCCCCCC(=O)[O-].CCCCCC[C@@H](O)C/C=C\CCCCCCCC(=O)[O-].[CH3][Sn+2][CH3]. The molecule has 0 bridgehead atoms. The van der Waals surface area contributed by atoms with E-state index in [4.69, 9.17) is 0 Å². The number of carbonyl (C=O) groups excluding carboxylic acids is 2. The molecule has 45 heavy (non-hydrogen) atoms. The Morgan fingerprint density at radius 2 is 0.844 bits per heavy atom. The number of aliphatic carboxylic acids is 2. The number of aliphatic hydroxyl groups is 2. The van der Waals surface area contributed by atoms with Crippen LogP contribution in [-0.4, -0.2) is 55.5 Å². The molecule has 0 aromatic carbocycles. The zero-order valence-electron chi connectivity index (χ0n) is 29.9. The molecule has 2 atom stereocenters. The summed E-state index contributed by atoms with van der Waals surface area (Å²) in [4.78, 5) is 25.0. The van der Waals surface area contributed by atoms with Crippen molar-refractivity contribution in [2.75, 3.05) is 0 Å². The number of unbranched alkanes of at least 4 members (excludes halogenated alkanes) is 16. The van der Waals surface area contributed by atoms with Crippen LogP contribution >= 0.6 is 0 Å². The van der Waals surface area contributed by atoms with Crippen molar-refractivity contribution < 1.29 is 30.0 Å². The first-order valence-electron chi connectivity index (χ1n) is 18.4. The molecule has 2 N–H and O–H groups in total. The summed E-state index contributed by atoms with van der Waals surface area (Å²) < 4.78 is 0. The molecule has 0 radical (unpaired) electrons. The van der Waals surface area contributed by atoms with Crippen LogP contribution in [0.3, 0.4) is 0 Å². The predicted molar refractivity (Wildman–Crippen MR) is 189 cm³/mol. The molecule has 0 saturated heterocycles. The van der Waals surface area contributed by atoms with E-state index in [9.17, 15) is 30.0 Å². The van der Waals surface area contributed by atoms with Crippen LogP contribution in [0.4, 0.5) is 0 Å². The van der Waals surface area contributed by atoms with Gasteiger partial charge in [0.1, 0.15) is 0 Å². The van der Waals surface area contributed by atoms with Crippen LogP contribution in [0.15, 0.2) is 24.3 Å². The number of carboxylic acid groups (broad SMARTS) is 2. The van der Waals surface area contributed by atoms with E-state index in [1.54, 1.807) is 0 Å². The van der Waals surface area contributed by atoms with Crippen LogP contribution in [0.1, 0.15) is 181 Å². The van der Waals surface area contributed by atoms with E-state index >= 15 is 0 Å². The first kappa shape index (κ1) is 48.5. The zero-order chi connectivity index (χ0) is 34.2. The van der Waals surface area contributed by atoms with Crippen LogP contribution < -0.4 is 10.2 Å². The van der Waals surface area contributed by atoms with E-state index in [1.807, 2.05) is 0 Å². The normalized spacial score (nSPS) is 12.2. The Balaban J connectivity index is -0.000000720. The van der Waals surface area contributed by atoms with Gasteiger partial charge in [0.2, 0.25) is 0 Å². The summed E-state index contributed by atoms with van der Waals surface area (Å²) >= 11 is 0.230. The van der Waals surface area contributed by atoms with Crippen molar-refractivity contribution in [3.05, 3.63) is 24.3 Å². The number of allylic oxidation sites excluding steroid dienone is 2. The number of carboxylic acids is 2. The van der Waals surface area contributed by atoms with E-state index in [2.05, 4.69) is 48.0 Å². The second-order valence-electron chi connectivity index (χ2n) is 12.3. The Labute approximate surface area is 289 Å². The Hall–Kier alpha value is -0.861. The van der Waals surface area contributed by atoms with Gasteiger partial charge in [0.25, 0.3) is 0 Å². The summed E-state index contributed by atoms with van der Waals surface area (Å²) in [6, 6.07) is 0. The fourth-order valence-electron chi connectivity index (χ4n) is 4.72. The van der Waals surface area contributed by atoms with Gasteiger partial charge in [-0.2, -0.15) is 0 Å². The van der Waals surface area contributed by atoms with Crippen molar-refractivity contribution in [2.24, 2.45) is 0 Å². The first-order valence-corrected chi connectivity index (χ1v) is 24.1. The summed E-state index contributed by atoms with van der Waals surface area (Å²) in [5.41, 5.74) is 0. The summed E-state index contributed by atoms with van der Waals surface area (Å²) in [6.07, 6.45) is 34.0. The van der Waals surface area contributed by atoms with E-state index in [0.29, 0.717) is 0 Å². The molecule has 0 unspecified atom stereocenters. The van der Waals surface area contributed by atoms with Gasteiger partial charge in [0, 0.05) is 11.9 Å². The van der Waals surface area contributed by atoms with Crippen LogP contribution in [0.2, 0.25) is 9.88 Å². The Bertz CT molecular complexity index is 598. The summed E-state index contributed by atoms with van der Waals surface area (Å²) in [5.74, 6) is -1.88. The standard InChI is InChI=1S/2C18H34O3.2CH3.Sn/c2*1-2-3-4-11-14-17(19)15-12-9-7-5-6-8-10-13-16-18(20)21;;;/h2*9,12,17,19H,2-8,10-11,13-16H2,1H3,(H,20,21);2*1H3;/q;;;;+2/p-2/b2*12-9-;;;/t2*17-;;;/m11.../s1. The van der Waals surface area contributed by atoms with E-state index in [0.717, 1.165) is 116 Å². The van der Waals surface area contributed by atoms with E-state index < -0.39 is 11.9 Å². The monoisotopic (exact) mass is 744 g/mol. The quantitative estimate of drug-likeness (QED) is 0.0434. The van der Waals surface area contributed by atoms with Crippen LogP contribution in [-0.2, 0) is 9.59 Å². The van der Waals surface area contributed by atoms with Crippen molar-refractivity contribution in [1.82, 2.24) is 0 Å². The van der Waals surface area contributed by atoms with E-state index in [1.165, 1.54) is 38.5 Å². The average Bonchev–Trinajstić information content (AvgIpc) is 3.00. The predicted octanol–water partition coefficient (Wildman–Crippen LogP) is 8.28. The molecule has 0 amide bonds. The van der Waals surface area contributed by atoms with Gasteiger partial charge in [-0.15, -0.1) is 0 Å². The number of hydrogen-bond acceptors (Lipinski definition) is 6. The average molecular weight is 744 g/mol. The number of rotatable bonds is 30. The molecule has 0 aromatic rings. The fraction of sp³-hybridized carbons (Fsp3) is 0.842. The molecule has 0 heterocycles. The number of aliphatic hydroxyl groups excluding tert-OH is 2. The molecule has 6 nitrogen and oxygen atoms in total. The summed E-state index contributed by atoms with van der Waals surface area (Å²) in [6.45, 7) is 4.39. The number of carbonyl (C=O) groups is 2. The van der Waals surface area contributed by atoms with Gasteiger partial charge in [-0.3, -0.25) is 0 Å². The fourth-order valence-corrected chi connectivity index (χ4v) is 4.72. The second-order valence-corrected chi connectivity index (χ2v) is 15.1. The van der Waals surface area contributed by atoms with Gasteiger partial charge < -0.3 is 30.0 Å². The molecule has 0 rings (SSSR count). The Kier molecular flexibility index (Phi) is 46.5. The third kappa shape index (κ3) is 52.9. The number of hydrogen-bond donors (Lipinski definition) is 2. The molecule has 0 aliphatic rings. The van der Waals surface area contributed by atoms with Gasteiger partial charge in [0.05, 0.1) is 12.2 Å². The third-order valence-corrected chi connectivity index (χ3v) is 7.43. The zero-order valence-corrected chi connectivity index (χ0v) is 32.7. The summed E-state index contributed by atoms with van der Waals surface area (Å²) in [7, 11) is 0. The molecule has 0 aliphatic heterocycles. The molecule has 7 heteroatoms. The molecule has 264 valence electrons. The van der Waals surface area contributed by atoms with Gasteiger partial charge in [0.15, 0.2) is 0 Å². The maximum absolute atomic E-state index is 10.2. The molecular formula is C38H72O6Sn. The Morgan fingerprint density at radius 1 is 0.533 bits per heavy atom. The van der Waals surface area contributed by atoms with Gasteiger partial charge in [-0.25, -0.2) is 0 Å². The molecule has 0 aliphatic carbocycles. The van der Waals surface area contributed by atoms with Crippen LogP contribution in [0, 0.1) is 0 Å². The third-order valence-electron chi connectivity index (χ3n) is 7.43. The maximum atomic E-state index is 10.2. The summed E-state index contributed by atoms with van der Waals surface area (Å²) in [5, 5.41) is 40.0. The van der Waals surface area contributed by atoms with Crippen LogP contribution in [0.25, 0.3) is 0 Å². The Morgan fingerprint density at radius 3 is 1.18 bits per heavy atom. The van der Waals surface area contributed by atoms with Crippen LogP contribution in [0.5, 0.6) is 0 Å². The topological polar surface area (TPSA) is 121 Å². The van der Waals surface area contributed by atoms with Crippen molar-refractivity contribution >= 4 is 33.1 Å². The molecule has 0 fully saturated rings. The molecule has 0 aromatic heterocycles. The van der Waals surface area contributed by atoms with Crippen molar-refractivity contribution in [2.45, 2.75) is 203 Å². The molecule has 0 spiro atoms. The van der Waals surface area contributed by atoms with Crippen molar-refractivity contribution in [3.63, 3.8) is 0 Å². The van der Waals surface area contributed by atoms with Gasteiger partial charge in [-0.1, -0.05) is 128 Å². The van der Waals surface area contributed by atoms with Crippen molar-refractivity contribution in [3.8, 4) is 0 Å². The van der Waals surface area contributed by atoms with Gasteiger partial charge in [-0.05, 0) is 77.0 Å². The molecule has 0 saturated carbocycles. The minimum atomic E-state index is -0.939. The van der Waals surface area contributed by atoms with Crippen molar-refractivity contribution in [1.29, 1.82) is 0 Å². The van der Waals surface area contributed by atoms with E-state index in [-0.39, 0.29) is 46.2 Å². The second kappa shape index (κ2) is 43.1. The first-order chi connectivity index (χ1) is 21.7. The molecular weight excluding hydrogens is 671 g/mol.